The van der Waals surface area contributed by atoms with Gasteiger partial charge in [-0.15, -0.1) is 0 Å². The zero-order valence-electron chi connectivity index (χ0n) is 10.4. The average molecular weight is 299 g/mol. The Labute approximate surface area is 115 Å². The largest absolute Gasteiger partial charge is 0.480 e. The smallest absolute Gasteiger partial charge is 0.335 e. The van der Waals surface area contributed by atoms with Crippen molar-refractivity contribution < 1.29 is 28.2 Å². The fourth-order valence-electron chi connectivity index (χ4n) is 2.20. The van der Waals surface area contributed by atoms with Gasteiger partial charge in [0.2, 0.25) is 10.0 Å². The fourth-order valence-corrected chi connectivity index (χ4v) is 3.90. The standard InChI is InChI=1S/C12H13NO6S/c14-11(15)8-3-1-4-9(7-8)20(18,19)13-6-2-5-10(13)12(16)17/h1,3-4,7,10H,2,5-6H2,(H,14,15)(H,16,17)/t10-/m1/s1. The number of nitrogens with zero attached hydrogens (tertiary/aromatic N) is 1. The van der Waals surface area contributed by atoms with Crippen LogP contribution in [0.2, 0.25) is 0 Å². The summed E-state index contributed by atoms with van der Waals surface area (Å²) in [5.41, 5.74) is -0.155. The molecule has 1 aromatic rings. The first-order valence-corrected chi connectivity index (χ1v) is 7.36. The topological polar surface area (TPSA) is 112 Å². The lowest BCUT2D eigenvalue weighted by Gasteiger charge is -2.21. The number of carbonyl (C=O) groups is 2. The molecule has 0 aliphatic carbocycles. The normalized spacial score (nSPS) is 19.9. The highest BCUT2D eigenvalue weighted by Gasteiger charge is 2.39. The second-order valence-corrected chi connectivity index (χ2v) is 6.34. The van der Waals surface area contributed by atoms with Gasteiger partial charge < -0.3 is 10.2 Å². The molecule has 1 aliphatic rings. The number of sulfonamides is 1. The molecule has 0 radical (unpaired) electrons. The van der Waals surface area contributed by atoms with Crippen molar-refractivity contribution in [2.75, 3.05) is 6.54 Å². The minimum atomic E-state index is -4.00. The van der Waals surface area contributed by atoms with E-state index < -0.39 is 28.0 Å². The Hall–Kier alpha value is -1.93. The van der Waals surface area contributed by atoms with E-state index in [-0.39, 0.29) is 23.4 Å². The van der Waals surface area contributed by atoms with E-state index >= 15 is 0 Å². The van der Waals surface area contributed by atoms with E-state index in [1.807, 2.05) is 0 Å². The number of carboxylic acid groups (broad SMARTS) is 2. The highest BCUT2D eigenvalue weighted by molar-refractivity contribution is 7.89. The van der Waals surface area contributed by atoms with Gasteiger partial charge in [-0.1, -0.05) is 6.07 Å². The van der Waals surface area contributed by atoms with E-state index in [4.69, 9.17) is 10.2 Å². The van der Waals surface area contributed by atoms with Gasteiger partial charge in [0.1, 0.15) is 6.04 Å². The van der Waals surface area contributed by atoms with Gasteiger partial charge in [0.05, 0.1) is 10.5 Å². The predicted molar refractivity (Wildman–Crippen MR) is 68.0 cm³/mol. The van der Waals surface area contributed by atoms with Crippen LogP contribution in [0.5, 0.6) is 0 Å². The molecule has 1 aromatic carbocycles. The van der Waals surface area contributed by atoms with E-state index in [2.05, 4.69) is 0 Å². The van der Waals surface area contributed by atoms with Crippen LogP contribution >= 0.6 is 0 Å². The molecule has 20 heavy (non-hydrogen) atoms. The molecule has 2 N–H and O–H groups in total. The molecular weight excluding hydrogens is 286 g/mol. The van der Waals surface area contributed by atoms with Gasteiger partial charge >= 0.3 is 11.9 Å². The van der Waals surface area contributed by atoms with E-state index in [1.165, 1.54) is 18.2 Å². The van der Waals surface area contributed by atoms with Crippen LogP contribution in [0, 0.1) is 0 Å². The van der Waals surface area contributed by atoms with Crippen LogP contribution in [0.25, 0.3) is 0 Å². The number of hydrogen-bond donors (Lipinski definition) is 2. The molecule has 0 bridgehead atoms. The zero-order chi connectivity index (χ0) is 14.9. The van der Waals surface area contributed by atoms with Crippen LogP contribution in [0.15, 0.2) is 29.2 Å². The Morgan fingerprint density at radius 3 is 2.55 bits per heavy atom. The maximum Gasteiger partial charge on any atom is 0.335 e. The Morgan fingerprint density at radius 2 is 1.95 bits per heavy atom. The van der Waals surface area contributed by atoms with E-state index in [1.54, 1.807) is 0 Å². The monoisotopic (exact) mass is 299 g/mol. The third-order valence-corrected chi connectivity index (χ3v) is 5.08. The van der Waals surface area contributed by atoms with Crippen LogP contribution in [-0.4, -0.2) is 47.5 Å². The van der Waals surface area contributed by atoms with Crippen LogP contribution < -0.4 is 0 Å². The molecule has 0 unspecified atom stereocenters. The van der Waals surface area contributed by atoms with E-state index in [0.29, 0.717) is 6.42 Å². The lowest BCUT2D eigenvalue weighted by atomic mass is 10.2. The number of aromatic carboxylic acids is 1. The number of carboxylic acids is 2. The molecule has 2 rings (SSSR count). The Bertz CT molecular complexity index is 654. The Kier molecular flexibility index (Phi) is 3.78. The number of hydrogen-bond acceptors (Lipinski definition) is 4. The lowest BCUT2D eigenvalue weighted by molar-refractivity contribution is -0.140. The maximum atomic E-state index is 12.4. The summed E-state index contributed by atoms with van der Waals surface area (Å²) in [6, 6.07) is 3.81. The van der Waals surface area contributed by atoms with Crippen molar-refractivity contribution in [1.29, 1.82) is 0 Å². The molecule has 1 atom stereocenters. The Morgan fingerprint density at radius 1 is 1.25 bits per heavy atom. The van der Waals surface area contributed by atoms with Crippen molar-refractivity contribution in [1.82, 2.24) is 4.31 Å². The molecular formula is C12H13NO6S. The van der Waals surface area contributed by atoms with Gasteiger partial charge in [-0.3, -0.25) is 4.79 Å². The minimum Gasteiger partial charge on any atom is -0.480 e. The lowest BCUT2D eigenvalue weighted by Crippen LogP contribution is -2.40. The molecule has 1 saturated heterocycles. The molecule has 0 spiro atoms. The number of benzene rings is 1. The zero-order valence-corrected chi connectivity index (χ0v) is 11.2. The van der Waals surface area contributed by atoms with Crippen LogP contribution in [0.1, 0.15) is 23.2 Å². The SMILES string of the molecule is O=C(O)c1cccc(S(=O)(=O)N2CCC[C@@H]2C(=O)O)c1. The van der Waals surface area contributed by atoms with Gasteiger partial charge in [0, 0.05) is 6.54 Å². The summed E-state index contributed by atoms with van der Waals surface area (Å²) in [6.07, 6.45) is 0.724. The highest BCUT2D eigenvalue weighted by Crippen LogP contribution is 2.26. The van der Waals surface area contributed by atoms with Crippen molar-refractivity contribution >= 4 is 22.0 Å². The summed E-state index contributed by atoms with van der Waals surface area (Å²) in [6.45, 7) is 0.122. The number of aliphatic carboxylic acids is 1. The van der Waals surface area contributed by atoms with Crippen molar-refractivity contribution in [3.05, 3.63) is 29.8 Å². The minimum absolute atomic E-state index is 0.122. The van der Waals surface area contributed by atoms with Gasteiger partial charge in [-0.2, -0.15) is 4.31 Å². The summed E-state index contributed by atoms with van der Waals surface area (Å²) in [4.78, 5) is 21.7. The summed E-state index contributed by atoms with van der Waals surface area (Å²) in [7, 11) is -4.00. The fraction of sp³-hybridized carbons (Fsp3) is 0.333. The van der Waals surface area contributed by atoms with Crippen LogP contribution in [-0.2, 0) is 14.8 Å². The quantitative estimate of drug-likeness (QED) is 0.843. The van der Waals surface area contributed by atoms with Crippen LogP contribution in [0.3, 0.4) is 0 Å². The summed E-state index contributed by atoms with van der Waals surface area (Å²) in [5, 5.41) is 17.9. The molecule has 108 valence electrons. The molecule has 7 nitrogen and oxygen atoms in total. The predicted octanol–water partition coefficient (Wildman–Crippen LogP) is 0.623. The van der Waals surface area contributed by atoms with Crippen molar-refractivity contribution in [3.63, 3.8) is 0 Å². The molecule has 1 aliphatic heterocycles. The van der Waals surface area contributed by atoms with Crippen molar-refractivity contribution in [3.8, 4) is 0 Å². The van der Waals surface area contributed by atoms with E-state index in [9.17, 15) is 18.0 Å². The molecule has 0 aromatic heterocycles. The molecule has 0 amide bonds. The van der Waals surface area contributed by atoms with Crippen molar-refractivity contribution in [2.24, 2.45) is 0 Å². The third-order valence-electron chi connectivity index (χ3n) is 3.18. The summed E-state index contributed by atoms with van der Waals surface area (Å²) < 4.78 is 25.7. The Balaban J connectivity index is 2.42. The van der Waals surface area contributed by atoms with Gasteiger partial charge in [0.25, 0.3) is 0 Å². The van der Waals surface area contributed by atoms with Crippen LogP contribution in [0.4, 0.5) is 0 Å². The van der Waals surface area contributed by atoms with Gasteiger partial charge in [-0.25, -0.2) is 13.2 Å². The third kappa shape index (κ3) is 2.52. The summed E-state index contributed by atoms with van der Waals surface area (Å²) >= 11 is 0. The first kappa shape index (κ1) is 14.5. The highest BCUT2D eigenvalue weighted by atomic mass is 32.2. The maximum absolute atomic E-state index is 12.4. The number of rotatable bonds is 4. The summed E-state index contributed by atoms with van der Waals surface area (Å²) in [5.74, 6) is -2.43. The molecule has 0 saturated carbocycles. The van der Waals surface area contributed by atoms with E-state index in [0.717, 1.165) is 10.4 Å². The van der Waals surface area contributed by atoms with Crippen molar-refractivity contribution in [2.45, 2.75) is 23.8 Å². The second-order valence-electron chi connectivity index (χ2n) is 4.45. The first-order chi connectivity index (χ1) is 9.34. The molecule has 1 heterocycles. The second kappa shape index (κ2) is 5.22. The van der Waals surface area contributed by atoms with Gasteiger partial charge in [-0.05, 0) is 31.0 Å². The molecule has 8 heteroatoms. The molecule has 1 fully saturated rings. The average Bonchev–Trinajstić information content (AvgIpc) is 2.89. The van der Waals surface area contributed by atoms with Gasteiger partial charge in [0.15, 0.2) is 0 Å². The first-order valence-electron chi connectivity index (χ1n) is 5.92.